The predicted molar refractivity (Wildman–Crippen MR) is 67.6 cm³/mol. The minimum absolute atomic E-state index is 0.210. The summed E-state index contributed by atoms with van der Waals surface area (Å²) < 4.78 is 0.723. The zero-order valence-electron chi connectivity index (χ0n) is 8.94. The Morgan fingerprint density at radius 1 is 1.53 bits per heavy atom. The third-order valence-corrected chi connectivity index (χ3v) is 4.71. The van der Waals surface area contributed by atoms with Crippen LogP contribution in [-0.2, 0) is 4.79 Å². The molecule has 0 aromatic carbocycles. The summed E-state index contributed by atoms with van der Waals surface area (Å²) in [5.41, 5.74) is 0. The molecule has 5 nitrogen and oxygen atoms in total. The number of carbonyl (C=O) groups is 1. The zero-order valence-corrected chi connectivity index (χ0v) is 10.7. The molecule has 1 saturated heterocycles. The summed E-state index contributed by atoms with van der Waals surface area (Å²) in [5, 5.41) is 19.0. The largest absolute Gasteiger partial charge is 0.492 e. The number of nitrogens with zero attached hydrogens (tertiary/aromatic N) is 1. The monoisotopic (exact) mass is 275 g/mol. The van der Waals surface area contributed by atoms with Gasteiger partial charge in [-0.2, -0.15) is 24.4 Å². The summed E-state index contributed by atoms with van der Waals surface area (Å²) in [4.78, 5) is 16.7. The van der Waals surface area contributed by atoms with Crippen molar-refractivity contribution in [3.8, 4) is 11.8 Å². The highest BCUT2D eigenvalue weighted by Crippen LogP contribution is 2.32. The van der Waals surface area contributed by atoms with Gasteiger partial charge in [-0.15, -0.1) is 4.73 Å². The fourth-order valence-electron chi connectivity index (χ4n) is 1.66. The van der Waals surface area contributed by atoms with Crippen molar-refractivity contribution in [2.24, 2.45) is 5.92 Å². The van der Waals surface area contributed by atoms with Crippen molar-refractivity contribution in [3.05, 3.63) is 12.1 Å². The number of thiol groups is 1. The molecule has 0 saturated carbocycles. The molecule has 2 heterocycles. The lowest BCUT2D eigenvalue weighted by Gasteiger charge is -2.10. The molecular formula is C10H13NO4S2. The van der Waals surface area contributed by atoms with Gasteiger partial charge in [0.2, 0.25) is 11.8 Å². The highest BCUT2D eigenvalue weighted by molar-refractivity contribution is 8.00. The molecule has 0 aliphatic carbocycles. The molecule has 0 bridgehead atoms. The van der Waals surface area contributed by atoms with Crippen molar-refractivity contribution in [1.82, 2.24) is 4.73 Å². The van der Waals surface area contributed by atoms with Gasteiger partial charge in [0, 0.05) is 28.9 Å². The highest BCUT2D eigenvalue weighted by atomic mass is 32.2. The molecule has 1 fully saturated rings. The van der Waals surface area contributed by atoms with E-state index in [-0.39, 0.29) is 17.7 Å². The molecule has 0 unspecified atom stereocenters. The lowest BCUT2D eigenvalue weighted by atomic mass is 10.1. The number of aromatic nitrogens is 1. The summed E-state index contributed by atoms with van der Waals surface area (Å²) in [5.74, 6) is 0.169. The maximum absolute atomic E-state index is 11.8. The molecule has 0 radical (unpaired) electrons. The van der Waals surface area contributed by atoms with Gasteiger partial charge in [-0.25, -0.2) is 4.79 Å². The molecule has 94 valence electrons. The van der Waals surface area contributed by atoms with Crippen molar-refractivity contribution in [1.29, 1.82) is 0 Å². The molecule has 1 aromatic rings. The van der Waals surface area contributed by atoms with E-state index in [1.54, 1.807) is 11.8 Å². The molecule has 2 rings (SSSR count). The first kappa shape index (κ1) is 12.5. The van der Waals surface area contributed by atoms with Gasteiger partial charge in [0.25, 0.3) is 0 Å². The van der Waals surface area contributed by atoms with Crippen molar-refractivity contribution < 1.29 is 19.8 Å². The standard InChI is InChI=1S/C10H13NO4S2/c12-8-1-2-9(13)11(8)15-10(14)6-3-7(4-16)17-5-6/h1-2,6-7,12-13,16H,3-5H2/t6-,7+/m0/s1. The van der Waals surface area contributed by atoms with Crippen LogP contribution in [0.4, 0.5) is 0 Å². The number of carbonyl (C=O) groups excluding carboxylic acids is 1. The normalized spacial score (nSPS) is 23.8. The van der Waals surface area contributed by atoms with Crippen LogP contribution < -0.4 is 4.84 Å². The Kier molecular flexibility index (Phi) is 3.78. The number of hydrogen-bond donors (Lipinski definition) is 3. The Balaban J connectivity index is 1.98. The summed E-state index contributed by atoms with van der Waals surface area (Å²) in [7, 11) is 0. The lowest BCUT2D eigenvalue weighted by Crippen LogP contribution is -2.27. The van der Waals surface area contributed by atoms with E-state index in [2.05, 4.69) is 12.6 Å². The van der Waals surface area contributed by atoms with E-state index in [0.29, 0.717) is 11.0 Å². The van der Waals surface area contributed by atoms with Gasteiger partial charge in [0.15, 0.2) is 0 Å². The van der Waals surface area contributed by atoms with E-state index < -0.39 is 5.97 Å². The fourth-order valence-corrected chi connectivity index (χ4v) is 3.37. The maximum Gasteiger partial charge on any atom is 0.337 e. The maximum atomic E-state index is 11.8. The minimum Gasteiger partial charge on any atom is -0.492 e. The molecule has 0 amide bonds. The number of thioether (sulfide) groups is 1. The van der Waals surface area contributed by atoms with Gasteiger partial charge in [0.1, 0.15) is 0 Å². The Labute approximate surface area is 108 Å². The quantitative estimate of drug-likeness (QED) is 0.715. The molecule has 1 aromatic heterocycles. The second kappa shape index (κ2) is 5.14. The average molecular weight is 275 g/mol. The molecule has 0 spiro atoms. The molecule has 1 aliphatic rings. The van der Waals surface area contributed by atoms with E-state index >= 15 is 0 Å². The Bertz CT molecular complexity index is 401. The van der Waals surface area contributed by atoms with Crippen LogP contribution in [0.2, 0.25) is 0 Å². The summed E-state index contributed by atoms with van der Waals surface area (Å²) >= 11 is 5.88. The molecule has 1 aliphatic heterocycles. The number of hydrogen-bond acceptors (Lipinski definition) is 6. The first-order valence-electron chi connectivity index (χ1n) is 5.16. The van der Waals surface area contributed by atoms with Crippen LogP contribution in [0.1, 0.15) is 6.42 Å². The average Bonchev–Trinajstić information content (AvgIpc) is 2.90. The van der Waals surface area contributed by atoms with E-state index in [4.69, 9.17) is 4.84 Å². The van der Waals surface area contributed by atoms with E-state index in [0.717, 1.165) is 16.9 Å². The second-order valence-corrected chi connectivity index (χ2v) is 5.52. The third kappa shape index (κ3) is 2.66. The van der Waals surface area contributed by atoms with Gasteiger partial charge in [-0.05, 0) is 6.42 Å². The topological polar surface area (TPSA) is 71.7 Å². The van der Waals surface area contributed by atoms with Crippen molar-refractivity contribution >= 4 is 30.4 Å². The SMILES string of the molecule is O=C(On1c(O)ccc1O)[C@@H]1CS[C@@H](CS)C1. The smallest absolute Gasteiger partial charge is 0.337 e. The van der Waals surface area contributed by atoms with Crippen LogP contribution in [0, 0.1) is 5.92 Å². The van der Waals surface area contributed by atoms with Crippen LogP contribution in [0.3, 0.4) is 0 Å². The fraction of sp³-hybridized carbons (Fsp3) is 0.500. The first-order chi connectivity index (χ1) is 8.11. The summed E-state index contributed by atoms with van der Waals surface area (Å²) in [6, 6.07) is 2.51. The van der Waals surface area contributed by atoms with Crippen molar-refractivity contribution in [3.63, 3.8) is 0 Å². The molecule has 17 heavy (non-hydrogen) atoms. The first-order valence-corrected chi connectivity index (χ1v) is 6.84. The van der Waals surface area contributed by atoms with Gasteiger partial charge >= 0.3 is 5.97 Å². The molecule has 2 atom stereocenters. The number of aromatic hydroxyl groups is 2. The molecule has 2 N–H and O–H groups in total. The van der Waals surface area contributed by atoms with Crippen LogP contribution in [0.15, 0.2) is 12.1 Å². The predicted octanol–water partition coefficient (Wildman–Crippen LogP) is 0.906. The Morgan fingerprint density at radius 3 is 2.71 bits per heavy atom. The van der Waals surface area contributed by atoms with E-state index in [1.807, 2.05) is 0 Å². The Morgan fingerprint density at radius 2 is 2.18 bits per heavy atom. The second-order valence-electron chi connectivity index (χ2n) is 3.82. The van der Waals surface area contributed by atoms with Crippen LogP contribution >= 0.6 is 24.4 Å². The van der Waals surface area contributed by atoms with E-state index in [9.17, 15) is 15.0 Å². The van der Waals surface area contributed by atoms with Gasteiger partial charge in [0.05, 0.1) is 5.92 Å². The van der Waals surface area contributed by atoms with Gasteiger partial charge in [-0.3, -0.25) is 0 Å². The van der Waals surface area contributed by atoms with Crippen molar-refractivity contribution in [2.45, 2.75) is 11.7 Å². The molecule has 7 heteroatoms. The van der Waals surface area contributed by atoms with Crippen LogP contribution in [0.25, 0.3) is 0 Å². The summed E-state index contributed by atoms with van der Waals surface area (Å²) in [6.45, 7) is 0. The van der Waals surface area contributed by atoms with Crippen LogP contribution in [-0.4, -0.2) is 37.7 Å². The lowest BCUT2D eigenvalue weighted by molar-refractivity contribution is -0.149. The van der Waals surface area contributed by atoms with Gasteiger partial charge < -0.3 is 15.1 Å². The van der Waals surface area contributed by atoms with Crippen LogP contribution in [0.5, 0.6) is 11.8 Å². The Hall–Kier alpha value is -0.950. The summed E-state index contributed by atoms with van der Waals surface area (Å²) in [6.07, 6.45) is 0.718. The number of rotatable bonds is 3. The minimum atomic E-state index is -0.441. The highest BCUT2D eigenvalue weighted by Gasteiger charge is 2.32. The van der Waals surface area contributed by atoms with Gasteiger partial charge in [-0.1, -0.05) is 0 Å². The zero-order chi connectivity index (χ0) is 12.4. The third-order valence-electron chi connectivity index (χ3n) is 2.60. The van der Waals surface area contributed by atoms with Crippen molar-refractivity contribution in [2.75, 3.05) is 11.5 Å². The van der Waals surface area contributed by atoms with E-state index in [1.165, 1.54) is 12.1 Å². The molecular weight excluding hydrogens is 262 g/mol.